The fourth-order valence-electron chi connectivity index (χ4n) is 5.60. The maximum absolute atomic E-state index is 13.1. The van der Waals surface area contributed by atoms with Crippen LogP contribution in [0.15, 0.2) is 45.6 Å². The molecule has 2 aromatic heterocycles. The molecule has 7 heteroatoms. The van der Waals surface area contributed by atoms with Crippen molar-refractivity contribution >= 4 is 27.7 Å². The Morgan fingerprint density at radius 2 is 1.94 bits per heavy atom. The molecule has 4 aromatic rings. The van der Waals surface area contributed by atoms with Gasteiger partial charge in [-0.2, -0.15) is 5.26 Å². The molecule has 0 bridgehead atoms. The molecular weight excluding hydrogens is 452 g/mol. The van der Waals surface area contributed by atoms with Crippen LogP contribution in [-0.4, -0.2) is 35.9 Å². The van der Waals surface area contributed by atoms with Crippen LogP contribution in [0.1, 0.15) is 42.3 Å². The second-order valence-electron chi connectivity index (χ2n) is 10.7. The smallest absolute Gasteiger partial charge is 0.270 e. The van der Waals surface area contributed by atoms with E-state index in [2.05, 4.69) is 43.0 Å². The van der Waals surface area contributed by atoms with Crippen molar-refractivity contribution in [2.45, 2.75) is 38.5 Å². The van der Waals surface area contributed by atoms with Crippen molar-refractivity contribution in [2.24, 2.45) is 13.0 Å². The molecule has 2 fully saturated rings. The number of nitriles is 1. The molecular formula is C29H30N4O3. The second-order valence-corrected chi connectivity index (χ2v) is 10.7. The monoisotopic (exact) mass is 482 g/mol. The van der Waals surface area contributed by atoms with E-state index in [4.69, 9.17) is 14.1 Å². The van der Waals surface area contributed by atoms with E-state index in [-0.39, 0.29) is 16.5 Å². The molecule has 2 aliphatic heterocycles. The molecule has 0 atom stereocenters. The summed E-state index contributed by atoms with van der Waals surface area (Å²) in [5, 5.41) is 11.0. The third kappa shape index (κ3) is 3.68. The lowest BCUT2D eigenvalue weighted by atomic mass is 9.80. The van der Waals surface area contributed by atoms with Gasteiger partial charge in [0.25, 0.3) is 5.56 Å². The number of ether oxygens (including phenoxy) is 1. The standard InChI is InChI=1S/C29H30N4O3/c1-18-4-7-25-23(12-18)31-28(36-25)29(2)8-10-33(11-9-29)26-21-14-19(13-20-16-35-17-20)5-6-24(21)32(3)27(34)22(26)15-30/h4-7,12,14,20H,8-11,13,16-17H2,1-3H3. The Kier molecular flexibility index (Phi) is 5.38. The third-order valence-electron chi connectivity index (χ3n) is 8.02. The molecule has 184 valence electrons. The predicted octanol–water partition coefficient (Wildman–Crippen LogP) is 4.61. The van der Waals surface area contributed by atoms with E-state index >= 15 is 0 Å². The van der Waals surface area contributed by atoms with Gasteiger partial charge in [0, 0.05) is 36.9 Å². The number of piperidine rings is 1. The van der Waals surface area contributed by atoms with Crippen molar-refractivity contribution in [1.29, 1.82) is 5.26 Å². The van der Waals surface area contributed by atoms with Gasteiger partial charge < -0.3 is 18.6 Å². The topological polar surface area (TPSA) is 84.3 Å². The molecule has 4 heterocycles. The Bertz CT molecular complexity index is 1580. The maximum Gasteiger partial charge on any atom is 0.270 e. The summed E-state index contributed by atoms with van der Waals surface area (Å²) in [6.07, 6.45) is 2.58. The van der Waals surface area contributed by atoms with Crippen LogP contribution in [0.3, 0.4) is 0 Å². The first kappa shape index (κ1) is 22.8. The first-order valence-electron chi connectivity index (χ1n) is 12.6. The molecule has 6 rings (SSSR count). The van der Waals surface area contributed by atoms with Gasteiger partial charge in [0.2, 0.25) is 5.89 Å². The summed E-state index contributed by atoms with van der Waals surface area (Å²) in [5.74, 6) is 1.30. The zero-order valence-corrected chi connectivity index (χ0v) is 21.0. The van der Waals surface area contributed by atoms with Crippen LogP contribution >= 0.6 is 0 Å². The molecule has 0 radical (unpaired) electrons. The molecule has 0 spiro atoms. The summed E-state index contributed by atoms with van der Waals surface area (Å²) in [6, 6.07) is 14.6. The Hall–Kier alpha value is -3.63. The van der Waals surface area contributed by atoms with Gasteiger partial charge in [-0.05, 0) is 61.6 Å². The number of benzene rings is 2. The molecule has 0 saturated carbocycles. The van der Waals surface area contributed by atoms with Gasteiger partial charge in [0.15, 0.2) is 5.58 Å². The van der Waals surface area contributed by atoms with Crippen LogP contribution in [0.2, 0.25) is 0 Å². The largest absolute Gasteiger partial charge is 0.440 e. The van der Waals surface area contributed by atoms with Gasteiger partial charge in [-0.15, -0.1) is 0 Å². The fourth-order valence-corrected chi connectivity index (χ4v) is 5.60. The SMILES string of the molecule is Cc1ccc2oc(C3(C)CCN(c4c(C#N)c(=O)n(C)c5ccc(CC6COC6)cc45)CC3)nc2c1. The first-order chi connectivity index (χ1) is 17.4. The van der Waals surface area contributed by atoms with E-state index in [9.17, 15) is 10.1 Å². The van der Waals surface area contributed by atoms with Gasteiger partial charge in [0.05, 0.1) is 24.4 Å². The predicted molar refractivity (Wildman–Crippen MR) is 139 cm³/mol. The highest BCUT2D eigenvalue weighted by molar-refractivity contribution is 5.95. The quantitative estimate of drug-likeness (QED) is 0.422. The number of nitrogens with zero attached hydrogens (tertiary/aromatic N) is 4. The number of fused-ring (bicyclic) bond motifs is 2. The average Bonchev–Trinajstić information content (AvgIpc) is 3.28. The molecule has 0 unspecified atom stereocenters. The summed E-state index contributed by atoms with van der Waals surface area (Å²) in [7, 11) is 1.75. The Balaban J connectivity index is 1.36. The van der Waals surface area contributed by atoms with Crippen molar-refractivity contribution in [1.82, 2.24) is 9.55 Å². The van der Waals surface area contributed by atoms with Gasteiger partial charge in [0.1, 0.15) is 17.1 Å². The van der Waals surface area contributed by atoms with Crippen molar-refractivity contribution < 1.29 is 9.15 Å². The summed E-state index contributed by atoms with van der Waals surface area (Å²) < 4.78 is 13.1. The summed E-state index contributed by atoms with van der Waals surface area (Å²) >= 11 is 0. The van der Waals surface area contributed by atoms with Crippen LogP contribution in [0.5, 0.6) is 0 Å². The lowest BCUT2D eigenvalue weighted by Crippen LogP contribution is -2.42. The highest BCUT2D eigenvalue weighted by Gasteiger charge is 2.37. The number of pyridine rings is 1. The maximum atomic E-state index is 13.1. The summed E-state index contributed by atoms with van der Waals surface area (Å²) in [4.78, 5) is 20.2. The van der Waals surface area contributed by atoms with Crippen molar-refractivity contribution in [2.75, 3.05) is 31.2 Å². The zero-order chi connectivity index (χ0) is 25.0. The number of rotatable bonds is 4. The molecule has 0 aliphatic carbocycles. The molecule has 2 aromatic carbocycles. The normalized spacial score (nSPS) is 17.9. The van der Waals surface area contributed by atoms with E-state index in [0.29, 0.717) is 19.0 Å². The highest BCUT2D eigenvalue weighted by atomic mass is 16.5. The van der Waals surface area contributed by atoms with Crippen molar-refractivity contribution in [3.63, 3.8) is 0 Å². The average molecular weight is 483 g/mol. The Morgan fingerprint density at radius 1 is 1.17 bits per heavy atom. The van der Waals surface area contributed by atoms with E-state index < -0.39 is 0 Å². The van der Waals surface area contributed by atoms with E-state index in [1.54, 1.807) is 11.6 Å². The fraction of sp³-hybridized carbons (Fsp3) is 0.414. The number of hydrogen-bond donors (Lipinski definition) is 0. The minimum absolute atomic E-state index is 0.207. The van der Waals surface area contributed by atoms with Crippen LogP contribution in [0, 0.1) is 24.2 Å². The molecule has 0 amide bonds. The van der Waals surface area contributed by atoms with Crippen LogP contribution in [-0.2, 0) is 23.6 Å². The van der Waals surface area contributed by atoms with E-state index in [1.165, 1.54) is 5.56 Å². The van der Waals surface area contributed by atoms with Crippen LogP contribution < -0.4 is 10.5 Å². The van der Waals surface area contributed by atoms with Crippen molar-refractivity contribution in [3.8, 4) is 6.07 Å². The number of aromatic nitrogens is 2. The van der Waals surface area contributed by atoms with Crippen molar-refractivity contribution in [3.05, 3.63) is 69.3 Å². The second kappa shape index (κ2) is 8.49. The Labute approximate surface area is 209 Å². The lowest BCUT2D eigenvalue weighted by Gasteiger charge is -2.39. The minimum atomic E-state index is -0.247. The molecule has 0 N–H and O–H groups in total. The zero-order valence-electron chi connectivity index (χ0n) is 21.0. The number of anilines is 1. The summed E-state index contributed by atoms with van der Waals surface area (Å²) in [6.45, 7) is 7.27. The molecule has 7 nitrogen and oxygen atoms in total. The molecule has 36 heavy (non-hydrogen) atoms. The van der Waals surface area contributed by atoms with Gasteiger partial charge in [-0.1, -0.05) is 19.1 Å². The lowest BCUT2D eigenvalue weighted by molar-refractivity contribution is -0.0312. The van der Waals surface area contributed by atoms with Crippen LogP contribution in [0.4, 0.5) is 5.69 Å². The molecule has 2 aliphatic rings. The number of aryl methyl sites for hydroxylation is 2. The molecule has 2 saturated heterocycles. The van der Waals surface area contributed by atoms with Gasteiger partial charge in [-0.25, -0.2) is 4.98 Å². The van der Waals surface area contributed by atoms with Crippen LogP contribution in [0.25, 0.3) is 22.0 Å². The van der Waals surface area contributed by atoms with E-state index in [1.807, 2.05) is 18.2 Å². The van der Waals surface area contributed by atoms with Gasteiger partial charge >= 0.3 is 0 Å². The minimum Gasteiger partial charge on any atom is -0.440 e. The summed E-state index contributed by atoms with van der Waals surface area (Å²) in [5.41, 5.74) is 5.45. The first-order valence-corrected chi connectivity index (χ1v) is 12.6. The van der Waals surface area contributed by atoms with Gasteiger partial charge in [-0.3, -0.25) is 4.79 Å². The third-order valence-corrected chi connectivity index (χ3v) is 8.02. The highest BCUT2D eigenvalue weighted by Crippen LogP contribution is 2.40. The number of oxazole rings is 1. The number of hydrogen-bond acceptors (Lipinski definition) is 6. The van der Waals surface area contributed by atoms with E-state index in [0.717, 1.165) is 71.6 Å². The Morgan fingerprint density at radius 3 is 2.64 bits per heavy atom.